The Morgan fingerprint density at radius 2 is 2.00 bits per heavy atom. The highest BCUT2D eigenvalue weighted by atomic mass is 16.7. The molecule has 41 heavy (non-hydrogen) atoms. The molecule has 1 N–H and O–H groups in total. The second-order valence-corrected chi connectivity index (χ2v) is 11.9. The van der Waals surface area contributed by atoms with Gasteiger partial charge in [-0.2, -0.15) is 0 Å². The van der Waals surface area contributed by atoms with E-state index in [0.717, 1.165) is 30.5 Å². The molecule has 4 heterocycles. The fourth-order valence-electron chi connectivity index (χ4n) is 6.37. The first-order valence-corrected chi connectivity index (χ1v) is 14.6. The molecule has 3 atom stereocenters. The average Bonchev–Trinajstić information content (AvgIpc) is 3.64. The Hall–Kier alpha value is -3.66. The number of hydrogen-bond donors (Lipinski definition) is 1. The molecule has 220 valence electrons. The summed E-state index contributed by atoms with van der Waals surface area (Å²) in [6.07, 6.45) is 6.38. The van der Waals surface area contributed by atoms with Crippen LogP contribution in [-0.4, -0.2) is 83.2 Å². The van der Waals surface area contributed by atoms with Crippen molar-refractivity contribution in [1.82, 2.24) is 14.8 Å². The van der Waals surface area contributed by atoms with Crippen LogP contribution >= 0.6 is 0 Å². The molecule has 0 aliphatic carbocycles. The van der Waals surface area contributed by atoms with Crippen LogP contribution in [0.2, 0.25) is 0 Å². The molecule has 1 aromatic carbocycles. The Kier molecular flexibility index (Phi) is 8.49. The Balaban J connectivity index is 1.42. The second kappa shape index (κ2) is 12.1. The maximum Gasteiger partial charge on any atom is 0.308 e. The number of aromatic nitrogens is 1. The van der Waals surface area contributed by atoms with Gasteiger partial charge in [0.1, 0.15) is 0 Å². The molecule has 1 aromatic heterocycles. The molecule has 0 bridgehead atoms. The molecule has 10 heteroatoms. The van der Waals surface area contributed by atoms with E-state index in [1.807, 2.05) is 54.0 Å². The number of carboxylic acids is 1. The number of hydrogen-bond acceptors (Lipinski definition) is 7. The Morgan fingerprint density at radius 1 is 1.20 bits per heavy atom. The number of fused-ring (bicyclic) bond motifs is 1. The van der Waals surface area contributed by atoms with Gasteiger partial charge in [0, 0.05) is 49.8 Å². The summed E-state index contributed by atoms with van der Waals surface area (Å²) in [5.41, 5.74) is 1.17. The number of benzene rings is 1. The van der Waals surface area contributed by atoms with Crippen molar-refractivity contribution >= 4 is 23.5 Å². The monoisotopic (exact) mass is 564 g/mol. The van der Waals surface area contributed by atoms with Crippen LogP contribution in [0.1, 0.15) is 57.9 Å². The minimum absolute atomic E-state index is 0.0769. The van der Waals surface area contributed by atoms with Crippen molar-refractivity contribution in [2.24, 2.45) is 11.3 Å². The molecule has 3 aliphatic rings. The third-order valence-electron chi connectivity index (χ3n) is 8.76. The summed E-state index contributed by atoms with van der Waals surface area (Å²) in [6, 6.07) is 8.83. The van der Waals surface area contributed by atoms with Crippen molar-refractivity contribution in [3.05, 3.63) is 48.3 Å². The summed E-state index contributed by atoms with van der Waals surface area (Å²) in [4.78, 5) is 49.4. The van der Waals surface area contributed by atoms with Crippen LogP contribution < -0.4 is 14.4 Å². The van der Waals surface area contributed by atoms with E-state index in [-0.39, 0.29) is 31.1 Å². The van der Waals surface area contributed by atoms with Gasteiger partial charge in [-0.05, 0) is 49.1 Å². The number of unbranched alkanes of at least 4 members (excludes halogenated alkanes) is 1. The Morgan fingerprint density at radius 3 is 2.68 bits per heavy atom. The van der Waals surface area contributed by atoms with Crippen molar-refractivity contribution < 1.29 is 29.0 Å². The van der Waals surface area contributed by atoms with Gasteiger partial charge in [-0.3, -0.25) is 24.3 Å². The lowest BCUT2D eigenvalue weighted by Crippen LogP contribution is -2.46. The van der Waals surface area contributed by atoms with E-state index in [0.29, 0.717) is 44.1 Å². The van der Waals surface area contributed by atoms with Gasteiger partial charge in [-0.1, -0.05) is 33.3 Å². The van der Waals surface area contributed by atoms with Gasteiger partial charge in [-0.15, -0.1) is 0 Å². The first kappa shape index (κ1) is 28.9. The highest BCUT2D eigenvalue weighted by Gasteiger charge is 2.48. The van der Waals surface area contributed by atoms with E-state index in [1.165, 1.54) is 0 Å². The number of pyridine rings is 1. The molecule has 2 saturated heterocycles. The van der Waals surface area contributed by atoms with Gasteiger partial charge in [0.05, 0.1) is 24.3 Å². The smallest absolute Gasteiger partial charge is 0.308 e. The van der Waals surface area contributed by atoms with Crippen molar-refractivity contribution in [1.29, 1.82) is 0 Å². The normalized spacial score (nSPS) is 23.2. The van der Waals surface area contributed by atoms with Gasteiger partial charge in [-0.25, -0.2) is 0 Å². The molecule has 2 aromatic rings. The van der Waals surface area contributed by atoms with Crippen LogP contribution in [0.5, 0.6) is 11.5 Å². The van der Waals surface area contributed by atoms with Crippen LogP contribution in [0.15, 0.2) is 42.7 Å². The van der Waals surface area contributed by atoms with Crippen molar-refractivity contribution in [3.63, 3.8) is 0 Å². The highest BCUT2D eigenvalue weighted by Crippen LogP contribution is 2.43. The zero-order chi connectivity index (χ0) is 29.1. The topological polar surface area (TPSA) is 113 Å². The van der Waals surface area contributed by atoms with Crippen LogP contribution in [0, 0.1) is 11.3 Å². The number of carbonyl (C=O) groups is 3. The third kappa shape index (κ3) is 6.02. The van der Waals surface area contributed by atoms with E-state index in [9.17, 15) is 19.5 Å². The van der Waals surface area contributed by atoms with E-state index in [4.69, 9.17) is 9.47 Å². The van der Waals surface area contributed by atoms with Gasteiger partial charge >= 0.3 is 5.97 Å². The number of amides is 2. The SMILES string of the molecule is CCCCN(C(=O)CN1C[C@H](c2ccc3c(c2)OCO3)[C@@H](C(=O)O)[C@@H]1CCN1CCC(C)(C)C1=O)c1cccnc1. The van der Waals surface area contributed by atoms with E-state index in [2.05, 4.69) is 11.9 Å². The van der Waals surface area contributed by atoms with E-state index in [1.54, 1.807) is 17.3 Å². The molecule has 2 fully saturated rings. The van der Waals surface area contributed by atoms with E-state index < -0.39 is 23.3 Å². The number of carbonyl (C=O) groups excluding carboxylic acids is 2. The minimum atomic E-state index is -0.907. The zero-order valence-electron chi connectivity index (χ0n) is 24.1. The zero-order valence-corrected chi connectivity index (χ0v) is 24.1. The summed E-state index contributed by atoms with van der Waals surface area (Å²) >= 11 is 0. The standard InChI is InChI=1S/C31H40N4O6/c1-4-5-13-35(22-7-6-12-32-17-22)27(36)19-34-18-23(21-8-9-25-26(16-21)41-20-40-25)28(29(37)38)24(34)10-14-33-15-11-31(2,3)30(33)39/h6-9,12,16-17,23-24,28H,4-5,10-11,13-15,18-20H2,1-3H3,(H,37,38)/t23-,24+,28-/m1/s1. The lowest BCUT2D eigenvalue weighted by atomic mass is 9.84. The van der Waals surface area contributed by atoms with Gasteiger partial charge < -0.3 is 24.4 Å². The maximum atomic E-state index is 13.8. The van der Waals surface area contributed by atoms with Gasteiger partial charge in [0.15, 0.2) is 11.5 Å². The van der Waals surface area contributed by atoms with Crippen LogP contribution in [0.4, 0.5) is 5.69 Å². The fraction of sp³-hybridized carbons (Fsp3) is 0.548. The minimum Gasteiger partial charge on any atom is -0.481 e. The van der Waals surface area contributed by atoms with E-state index >= 15 is 0 Å². The van der Waals surface area contributed by atoms with Crippen molar-refractivity contribution in [2.45, 2.75) is 58.4 Å². The predicted octanol–water partition coefficient (Wildman–Crippen LogP) is 3.76. The second-order valence-electron chi connectivity index (χ2n) is 11.9. The number of carboxylic acid groups (broad SMARTS) is 1. The summed E-state index contributed by atoms with van der Waals surface area (Å²) in [6.45, 7) is 8.28. The van der Waals surface area contributed by atoms with Crippen molar-refractivity contribution in [2.75, 3.05) is 44.4 Å². The third-order valence-corrected chi connectivity index (χ3v) is 8.76. The fourth-order valence-corrected chi connectivity index (χ4v) is 6.37. The Bertz CT molecular complexity index is 1270. The molecule has 10 nitrogen and oxygen atoms in total. The molecule has 0 saturated carbocycles. The first-order valence-electron chi connectivity index (χ1n) is 14.6. The van der Waals surface area contributed by atoms with Crippen molar-refractivity contribution in [3.8, 4) is 11.5 Å². The number of aliphatic carboxylic acids is 1. The summed E-state index contributed by atoms with van der Waals surface area (Å²) < 4.78 is 11.0. The quantitative estimate of drug-likeness (QED) is 0.439. The predicted molar refractivity (Wildman–Crippen MR) is 153 cm³/mol. The molecule has 5 rings (SSSR count). The Labute approximate surface area is 241 Å². The molecule has 3 aliphatic heterocycles. The lowest BCUT2D eigenvalue weighted by molar-refractivity contribution is -0.143. The van der Waals surface area contributed by atoms with Gasteiger partial charge in [0.2, 0.25) is 18.6 Å². The molecular formula is C31H40N4O6. The molecule has 2 amide bonds. The molecular weight excluding hydrogens is 524 g/mol. The number of likely N-dealkylation sites (tertiary alicyclic amines) is 2. The highest BCUT2D eigenvalue weighted by molar-refractivity contribution is 5.94. The lowest BCUT2D eigenvalue weighted by Gasteiger charge is -2.31. The number of anilines is 1. The molecule has 0 unspecified atom stereocenters. The first-order chi connectivity index (χ1) is 19.7. The average molecular weight is 565 g/mol. The molecule has 0 spiro atoms. The largest absolute Gasteiger partial charge is 0.481 e. The van der Waals surface area contributed by atoms with Crippen LogP contribution in [-0.2, 0) is 14.4 Å². The summed E-state index contributed by atoms with van der Waals surface area (Å²) in [7, 11) is 0. The number of ether oxygens (including phenoxy) is 2. The maximum absolute atomic E-state index is 13.8. The van der Waals surface area contributed by atoms with Crippen LogP contribution in [0.25, 0.3) is 0 Å². The molecule has 0 radical (unpaired) electrons. The van der Waals surface area contributed by atoms with Crippen LogP contribution in [0.3, 0.4) is 0 Å². The summed E-state index contributed by atoms with van der Waals surface area (Å²) in [5, 5.41) is 10.5. The van der Waals surface area contributed by atoms with Gasteiger partial charge in [0.25, 0.3) is 0 Å². The number of rotatable bonds is 11. The summed E-state index contributed by atoms with van der Waals surface area (Å²) in [5.74, 6) is -0.768. The number of nitrogens with zero attached hydrogens (tertiary/aromatic N) is 4.